The number of furan rings is 1. The van der Waals surface area contributed by atoms with Crippen LogP contribution in [0.2, 0.25) is 0 Å². The fourth-order valence-electron chi connectivity index (χ4n) is 1.48. The molecule has 0 spiro atoms. The largest absolute Gasteiger partial charge is 0.461 e. The molecule has 0 amide bonds. The van der Waals surface area contributed by atoms with E-state index in [-0.39, 0.29) is 23.8 Å². The van der Waals surface area contributed by atoms with Crippen molar-refractivity contribution in [2.24, 2.45) is 0 Å². The van der Waals surface area contributed by atoms with E-state index < -0.39 is 0 Å². The lowest BCUT2D eigenvalue weighted by Crippen LogP contribution is -2.26. The van der Waals surface area contributed by atoms with Crippen molar-refractivity contribution in [1.29, 1.82) is 0 Å². The molecule has 0 saturated carbocycles. The maximum atomic E-state index is 11.7. The summed E-state index contributed by atoms with van der Waals surface area (Å²) in [5.74, 6) is 0.0668. The van der Waals surface area contributed by atoms with Gasteiger partial charge >= 0.3 is 5.69 Å². The van der Waals surface area contributed by atoms with Crippen LogP contribution in [0, 0.1) is 0 Å². The standard InChI is InChI=1S/C11H12N2O3/c1-2-12-5-6-13(11(12)15)8-9(14)10-4-3-7-16-10/h3-7H,2,8H2,1H3. The fraction of sp³-hybridized carbons (Fsp3) is 0.273. The first-order valence-corrected chi connectivity index (χ1v) is 5.04. The number of aromatic nitrogens is 2. The van der Waals surface area contributed by atoms with E-state index in [2.05, 4.69) is 0 Å². The topological polar surface area (TPSA) is 57.1 Å². The molecule has 0 fully saturated rings. The van der Waals surface area contributed by atoms with Crippen LogP contribution in [0.4, 0.5) is 0 Å². The van der Waals surface area contributed by atoms with Gasteiger partial charge in [-0.3, -0.25) is 13.9 Å². The molecule has 2 rings (SSSR count). The summed E-state index contributed by atoms with van der Waals surface area (Å²) in [6, 6.07) is 3.23. The monoisotopic (exact) mass is 220 g/mol. The van der Waals surface area contributed by atoms with Crippen LogP contribution in [0.1, 0.15) is 17.5 Å². The van der Waals surface area contributed by atoms with E-state index in [0.717, 1.165) is 0 Å². The Hall–Kier alpha value is -2.04. The smallest absolute Gasteiger partial charge is 0.328 e. The first kappa shape index (κ1) is 10.5. The summed E-state index contributed by atoms with van der Waals surface area (Å²) in [5, 5.41) is 0. The quantitative estimate of drug-likeness (QED) is 0.726. The molecule has 0 aliphatic heterocycles. The van der Waals surface area contributed by atoms with Gasteiger partial charge in [0, 0.05) is 18.9 Å². The predicted molar refractivity (Wildman–Crippen MR) is 57.4 cm³/mol. The Labute approximate surface area is 91.9 Å². The summed E-state index contributed by atoms with van der Waals surface area (Å²) < 4.78 is 7.88. The Kier molecular flexibility index (Phi) is 2.76. The zero-order chi connectivity index (χ0) is 11.5. The normalized spacial score (nSPS) is 10.6. The van der Waals surface area contributed by atoms with Crippen molar-refractivity contribution in [3.8, 4) is 0 Å². The Balaban J connectivity index is 2.19. The molecular formula is C11H12N2O3. The van der Waals surface area contributed by atoms with Gasteiger partial charge in [0.25, 0.3) is 0 Å². The molecule has 0 N–H and O–H groups in total. The van der Waals surface area contributed by atoms with E-state index in [0.29, 0.717) is 6.54 Å². The molecule has 5 nitrogen and oxygen atoms in total. The third-order valence-electron chi connectivity index (χ3n) is 2.37. The highest BCUT2D eigenvalue weighted by atomic mass is 16.3. The number of hydrogen-bond acceptors (Lipinski definition) is 3. The number of imidazole rings is 1. The van der Waals surface area contributed by atoms with E-state index in [4.69, 9.17) is 4.42 Å². The van der Waals surface area contributed by atoms with Crippen LogP contribution in [0.5, 0.6) is 0 Å². The first-order chi connectivity index (χ1) is 7.72. The first-order valence-electron chi connectivity index (χ1n) is 5.04. The second-order valence-electron chi connectivity index (χ2n) is 3.40. The lowest BCUT2D eigenvalue weighted by atomic mass is 10.3. The Morgan fingerprint density at radius 1 is 1.38 bits per heavy atom. The van der Waals surface area contributed by atoms with E-state index in [1.165, 1.54) is 15.4 Å². The van der Waals surface area contributed by atoms with E-state index >= 15 is 0 Å². The Morgan fingerprint density at radius 3 is 2.69 bits per heavy atom. The van der Waals surface area contributed by atoms with E-state index in [9.17, 15) is 9.59 Å². The number of ketones is 1. The molecule has 0 aromatic carbocycles. The minimum atomic E-state index is -0.207. The van der Waals surface area contributed by atoms with Crippen molar-refractivity contribution in [3.63, 3.8) is 0 Å². The second kappa shape index (κ2) is 4.22. The van der Waals surface area contributed by atoms with E-state index in [1.807, 2.05) is 6.92 Å². The number of hydrogen-bond donors (Lipinski definition) is 0. The fourth-order valence-corrected chi connectivity index (χ4v) is 1.48. The third kappa shape index (κ3) is 1.84. The van der Waals surface area contributed by atoms with Crippen LogP contribution < -0.4 is 5.69 Å². The molecule has 0 saturated heterocycles. The van der Waals surface area contributed by atoms with Crippen LogP contribution >= 0.6 is 0 Å². The van der Waals surface area contributed by atoms with Crippen LogP contribution in [0.25, 0.3) is 0 Å². The van der Waals surface area contributed by atoms with Crippen LogP contribution in [-0.2, 0) is 13.1 Å². The Bertz CT molecular complexity index is 534. The molecular weight excluding hydrogens is 208 g/mol. The molecule has 0 radical (unpaired) electrons. The molecule has 2 aromatic rings. The molecule has 84 valence electrons. The number of Topliss-reactive ketones (excluding diaryl/α,β-unsaturated/α-hetero) is 1. The van der Waals surface area contributed by atoms with Gasteiger partial charge in [0.05, 0.1) is 12.8 Å². The third-order valence-corrected chi connectivity index (χ3v) is 2.37. The second-order valence-corrected chi connectivity index (χ2v) is 3.40. The van der Waals surface area contributed by atoms with Gasteiger partial charge in [0.15, 0.2) is 5.76 Å². The maximum Gasteiger partial charge on any atom is 0.328 e. The van der Waals surface area contributed by atoms with Gasteiger partial charge in [-0.2, -0.15) is 0 Å². The summed E-state index contributed by atoms with van der Waals surface area (Å²) in [5.41, 5.74) is -0.178. The van der Waals surface area contributed by atoms with Gasteiger partial charge in [0.2, 0.25) is 5.78 Å². The summed E-state index contributed by atoms with van der Waals surface area (Å²) in [6.45, 7) is 2.49. The zero-order valence-corrected chi connectivity index (χ0v) is 8.92. The SMILES string of the molecule is CCn1ccn(CC(=O)c2ccco2)c1=O. The molecule has 0 bridgehead atoms. The van der Waals surface area contributed by atoms with Crippen LogP contribution in [-0.4, -0.2) is 14.9 Å². The summed E-state index contributed by atoms with van der Waals surface area (Å²) >= 11 is 0. The number of rotatable bonds is 4. The van der Waals surface area contributed by atoms with Crippen molar-refractivity contribution in [2.45, 2.75) is 20.0 Å². The highest BCUT2D eigenvalue weighted by Crippen LogP contribution is 2.02. The Morgan fingerprint density at radius 2 is 2.12 bits per heavy atom. The highest BCUT2D eigenvalue weighted by Gasteiger charge is 2.11. The van der Waals surface area contributed by atoms with E-state index in [1.54, 1.807) is 24.5 Å². The van der Waals surface area contributed by atoms with Gasteiger partial charge < -0.3 is 4.42 Å². The summed E-state index contributed by atoms with van der Waals surface area (Å²) in [4.78, 5) is 23.3. The van der Waals surface area contributed by atoms with Crippen molar-refractivity contribution < 1.29 is 9.21 Å². The zero-order valence-electron chi connectivity index (χ0n) is 8.92. The molecule has 0 unspecified atom stereocenters. The van der Waals surface area contributed by atoms with Crippen molar-refractivity contribution >= 4 is 5.78 Å². The van der Waals surface area contributed by atoms with Gasteiger partial charge in [-0.25, -0.2) is 4.79 Å². The van der Waals surface area contributed by atoms with Crippen molar-refractivity contribution in [3.05, 3.63) is 47.0 Å². The van der Waals surface area contributed by atoms with Gasteiger partial charge in [0.1, 0.15) is 0 Å². The van der Waals surface area contributed by atoms with Crippen LogP contribution in [0.3, 0.4) is 0 Å². The maximum absolute atomic E-state index is 11.7. The number of carbonyl (C=O) groups excluding carboxylic acids is 1. The number of aryl methyl sites for hydroxylation is 1. The molecule has 5 heteroatoms. The molecule has 0 aliphatic rings. The minimum absolute atomic E-state index is 0.0132. The summed E-state index contributed by atoms with van der Waals surface area (Å²) in [7, 11) is 0. The number of nitrogens with zero attached hydrogens (tertiary/aromatic N) is 2. The van der Waals surface area contributed by atoms with Gasteiger partial charge in [-0.15, -0.1) is 0 Å². The molecule has 0 aliphatic carbocycles. The van der Waals surface area contributed by atoms with Gasteiger partial charge in [-0.05, 0) is 19.1 Å². The molecule has 16 heavy (non-hydrogen) atoms. The minimum Gasteiger partial charge on any atom is -0.461 e. The molecule has 0 atom stereocenters. The lowest BCUT2D eigenvalue weighted by molar-refractivity contribution is 0.0943. The van der Waals surface area contributed by atoms with Gasteiger partial charge in [-0.1, -0.05) is 0 Å². The summed E-state index contributed by atoms with van der Waals surface area (Å²) in [6.07, 6.45) is 4.71. The molecule has 2 aromatic heterocycles. The van der Waals surface area contributed by atoms with Crippen molar-refractivity contribution in [2.75, 3.05) is 0 Å². The van der Waals surface area contributed by atoms with Crippen molar-refractivity contribution in [1.82, 2.24) is 9.13 Å². The average molecular weight is 220 g/mol. The average Bonchev–Trinajstić information content (AvgIpc) is 2.89. The molecule has 2 heterocycles. The lowest BCUT2D eigenvalue weighted by Gasteiger charge is -1.98. The van der Waals surface area contributed by atoms with Crippen LogP contribution in [0.15, 0.2) is 40.0 Å². The predicted octanol–water partition coefficient (Wildman–Crippen LogP) is 1.15. The number of carbonyl (C=O) groups is 1. The highest BCUT2D eigenvalue weighted by molar-refractivity contribution is 5.93.